The number of ether oxygens (including phenoxy) is 4. The second-order valence-electron chi connectivity index (χ2n) is 10.3. The number of hydrogen-bond donors (Lipinski definition) is 1. The van der Waals surface area contributed by atoms with E-state index < -0.39 is 18.0 Å². The summed E-state index contributed by atoms with van der Waals surface area (Å²) >= 11 is 0. The topological polar surface area (TPSA) is 91.3 Å². The molecule has 3 aliphatic rings. The van der Waals surface area contributed by atoms with Crippen molar-refractivity contribution < 1.29 is 33.6 Å². The van der Waals surface area contributed by atoms with E-state index >= 15 is 0 Å². The fraction of sp³-hybridized carbons (Fsp3) is 0.786. The van der Waals surface area contributed by atoms with Gasteiger partial charge in [-0.05, 0) is 44.6 Å². The van der Waals surface area contributed by atoms with Crippen LogP contribution in [0.5, 0.6) is 0 Å². The van der Waals surface area contributed by atoms with E-state index in [1.54, 1.807) is 6.08 Å². The fourth-order valence-electron chi connectivity index (χ4n) is 5.48. The molecule has 7 heteroatoms. The first-order valence-electron chi connectivity index (χ1n) is 13.6. The van der Waals surface area contributed by atoms with Crippen molar-refractivity contribution >= 4 is 11.9 Å². The maximum absolute atomic E-state index is 11.7. The molecule has 0 aromatic carbocycles. The van der Waals surface area contributed by atoms with Gasteiger partial charge in [-0.25, -0.2) is 4.79 Å². The van der Waals surface area contributed by atoms with Gasteiger partial charge in [-0.1, -0.05) is 51.2 Å². The normalized spacial score (nSPS) is 31.0. The lowest BCUT2D eigenvalue weighted by Crippen LogP contribution is -2.47. The van der Waals surface area contributed by atoms with Gasteiger partial charge in [0, 0.05) is 32.3 Å². The van der Waals surface area contributed by atoms with Crippen LogP contribution in [0, 0.1) is 0 Å². The van der Waals surface area contributed by atoms with Crippen LogP contribution in [0.3, 0.4) is 0 Å². The minimum absolute atomic E-state index is 0.244. The van der Waals surface area contributed by atoms with E-state index in [-0.39, 0.29) is 30.3 Å². The SMILES string of the molecule is CC/C=C\CCCCCCCCC[C@@H](C[C@H]1C[C@H](O)C[C@@]2(C[C@@H]3OC(=O)C=C[C@@H]3O2)O1)OC(C)=O. The van der Waals surface area contributed by atoms with Crippen molar-refractivity contribution in [1.29, 1.82) is 0 Å². The minimum atomic E-state index is -0.972. The van der Waals surface area contributed by atoms with Crippen molar-refractivity contribution in [2.24, 2.45) is 0 Å². The molecule has 1 N–H and O–H groups in total. The molecule has 1 spiro atoms. The fourth-order valence-corrected chi connectivity index (χ4v) is 5.48. The summed E-state index contributed by atoms with van der Waals surface area (Å²) in [7, 11) is 0. The Labute approximate surface area is 210 Å². The Balaban J connectivity index is 1.40. The molecule has 7 nitrogen and oxygen atoms in total. The highest BCUT2D eigenvalue weighted by atomic mass is 16.7. The molecule has 2 fully saturated rings. The third kappa shape index (κ3) is 9.36. The highest BCUT2D eigenvalue weighted by Gasteiger charge is 2.53. The number of carbonyl (C=O) groups is 2. The van der Waals surface area contributed by atoms with Gasteiger partial charge >= 0.3 is 11.9 Å². The summed E-state index contributed by atoms with van der Waals surface area (Å²) in [6.45, 7) is 3.60. The van der Waals surface area contributed by atoms with Gasteiger partial charge in [0.15, 0.2) is 5.79 Å². The van der Waals surface area contributed by atoms with Crippen LogP contribution in [0.15, 0.2) is 24.3 Å². The molecule has 0 amide bonds. The Bertz CT molecular complexity index is 733. The molecule has 0 aromatic heterocycles. The monoisotopic (exact) mass is 492 g/mol. The minimum Gasteiger partial charge on any atom is -0.462 e. The maximum Gasteiger partial charge on any atom is 0.330 e. The average Bonchev–Trinajstić information content (AvgIpc) is 3.12. The lowest BCUT2D eigenvalue weighted by atomic mass is 9.92. The Kier molecular flexibility index (Phi) is 11.3. The molecule has 6 atom stereocenters. The molecule has 0 unspecified atom stereocenters. The van der Waals surface area contributed by atoms with Crippen LogP contribution in [0.2, 0.25) is 0 Å². The molecule has 0 bridgehead atoms. The van der Waals surface area contributed by atoms with E-state index in [1.807, 2.05) is 0 Å². The van der Waals surface area contributed by atoms with E-state index in [1.165, 1.54) is 51.5 Å². The largest absolute Gasteiger partial charge is 0.462 e. The zero-order valence-corrected chi connectivity index (χ0v) is 21.5. The highest BCUT2D eigenvalue weighted by Crippen LogP contribution is 2.44. The Morgan fingerprint density at radius 2 is 1.89 bits per heavy atom. The summed E-state index contributed by atoms with van der Waals surface area (Å²) in [5.41, 5.74) is 0. The van der Waals surface area contributed by atoms with Crippen LogP contribution >= 0.6 is 0 Å². The summed E-state index contributed by atoms with van der Waals surface area (Å²) in [6, 6.07) is 0. The zero-order valence-electron chi connectivity index (χ0n) is 21.5. The van der Waals surface area contributed by atoms with Gasteiger partial charge in [0.05, 0.1) is 12.2 Å². The summed E-state index contributed by atoms with van der Waals surface area (Å²) in [5.74, 6) is -1.64. The average molecular weight is 493 g/mol. The van der Waals surface area contributed by atoms with Gasteiger partial charge in [-0.15, -0.1) is 0 Å². The molecular weight excluding hydrogens is 448 g/mol. The number of unbranched alkanes of at least 4 members (excludes halogenated alkanes) is 7. The van der Waals surface area contributed by atoms with E-state index in [0.717, 1.165) is 25.7 Å². The highest BCUT2D eigenvalue weighted by molar-refractivity contribution is 5.83. The standard InChI is InChI=1S/C28H44O7/c1-3-4-5-6-7-8-9-10-11-12-13-14-23(32-21(2)29)18-24-17-22(30)19-28(34-24)20-26-25(35-28)15-16-27(31)33-26/h4-5,15-16,22-26,30H,3,6-14,17-20H2,1-2H3/b5-4-/t22-,23-,24+,25-,26-,28+/m0/s1. The van der Waals surface area contributed by atoms with Crippen LogP contribution in [-0.2, 0) is 28.5 Å². The number of aliphatic hydroxyl groups is 1. The molecule has 0 aromatic rings. The lowest BCUT2D eigenvalue weighted by molar-refractivity contribution is -0.285. The first-order valence-corrected chi connectivity index (χ1v) is 13.6. The van der Waals surface area contributed by atoms with Gasteiger partial charge in [0.2, 0.25) is 0 Å². The Morgan fingerprint density at radius 3 is 2.63 bits per heavy atom. The van der Waals surface area contributed by atoms with Crippen LogP contribution in [0.25, 0.3) is 0 Å². The van der Waals surface area contributed by atoms with Gasteiger partial charge < -0.3 is 24.1 Å². The van der Waals surface area contributed by atoms with Gasteiger partial charge in [-0.2, -0.15) is 0 Å². The summed E-state index contributed by atoms with van der Waals surface area (Å²) in [4.78, 5) is 23.3. The van der Waals surface area contributed by atoms with Crippen LogP contribution < -0.4 is 0 Å². The van der Waals surface area contributed by atoms with Gasteiger partial charge in [-0.3, -0.25) is 4.79 Å². The molecule has 3 aliphatic heterocycles. The summed E-state index contributed by atoms with van der Waals surface area (Å²) in [5, 5.41) is 10.6. The van der Waals surface area contributed by atoms with Crippen LogP contribution in [0.4, 0.5) is 0 Å². The molecular formula is C28H44O7. The Morgan fingerprint density at radius 1 is 1.14 bits per heavy atom. The van der Waals surface area contributed by atoms with Crippen LogP contribution in [-0.4, -0.2) is 53.4 Å². The number of allylic oxidation sites excluding steroid dienone is 2. The third-order valence-corrected chi connectivity index (χ3v) is 7.04. The lowest BCUT2D eigenvalue weighted by Gasteiger charge is -2.41. The predicted molar refractivity (Wildman–Crippen MR) is 133 cm³/mol. The van der Waals surface area contributed by atoms with Crippen molar-refractivity contribution in [1.82, 2.24) is 0 Å². The smallest absolute Gasteiger partial charge is 0.330 e. The number of carbonyl (C=O) groups excluding carboxylic acids is 2. The van der Waals surface area contributed by atoms with Crippen molar-refractivity contribution in [2.45, 2.75) is 140 Å². The molecule has 3 heterocycles. The molecule has 35 heavy (non-hydrogen) atoms. The summed E-state index contributed by atoms with van der Waals surface area (Å²) in [6.07, 6.45) is 19.0. The molecule has 0 radical (unpaired) electrons. The predicted octanol–water partition coefficient (Wildman–Crippen LogP) is 5.29. The third-order valence-electron chi connectivity index (χ3n) is 7.04. The molecule has 198 valence electrons. The Hall–Kier alpha value is -1.70. The van der Waals surface area contributed by atoms with Crippen molar-refractivity contribution in [3.8, 4) is 0 Å². The zero-order chi connectivity index (χ0) is 25.1. The molecule has 0 aliphatic carbocycles. The maximum atomic E-state index is 11.7. The number of esters is 2. The number of hydrogen-bond acceptors (Lipinski definition) is 7. The quantitative estimate of drug-likeness (QED) is 0.200. The first kappa shape index (κ1) is 27.9. The number of rotatable bonds is 14. The van der Waals surface area contributed by atoms with Crippen molar-refractivity contribution in [3.05, 3.63) is 24.3 Å². The second kappa shape index (κ2) is 14.1. The van der Waals surface area contributed by atoms with E-state index in [2.05, 4.69) is 19.1 Å². The van der Waals surface area contributed by atoms with E-state index in [4.69, 9.17) is 18.9 Å². The van der Waals surface area contributed by atoms with E-state index in [0.29, 0.717) is 25.7 Å². The molecule has 3 rings (SSSR count). The van der Waals surface area contributed by atoms with Crippen LogP contribution in [0.1, 0.15) is 104 Å². The van der Waals surface area contributed by atoms with Crippen molar-refractivity contribution in [3.63, 3.8) is 0 Å². The van der Waals surface area contributed by atoms with Crippen molar-refractivity contribution in [2.75, 3.05) is 0 Å². The number of fused-ring (bicyclic) bond motifs is 1. The van der Waals surface area contributed by atoms with Gasteiger partial charge in [0.25, 0.3) is 0 Å². The molecule has 2 saturated heterocycles. The number of aliphatic hydroxyl groups excluding tert-OH is 1. The van der Waals surface area contributed by atoms with Gasteiger partial charge in [0.1, 0.15) is 18.3 Å². The second-order valence-corrected chi connectivity index (χ2v) is 10.3. The molecule has 0 saturated carbocycles. The summed E-state index contributed by atoms with van der Waals surface area (Å²) < 4.78 is 23.5. The van der Waals surface area contributed by atoms with E-state index in [9.17, 15) is 14.7 Å². The first-order chi connectivity index (χ1) is 16.9.